The summed E-state index contributed by atoms with van der Waals surface area (Å²) in [5.74, 6) is 1.24. The molecule has 124 valence electrons. The maximum Gasteiger partial charge on any atom is 0.224 e. The normalized spacial score (nSPS) is 11.0. The minimum Gasteiger partial charge on any atom is -0.440 e. The molecule has 0 aliphatic rings. The third-order valence-corrected chi connectivity index (χ3v) is 4.27. The van der Waals surface area contributed by atoms with Crippen molar-refractivity contribution >= 4 is 40.9 Å². The van der Waals surface area contributed by atoms with Gasteiger partial charge in [0.2, 0.25) is 11.8 Å². The summed E-state index contributed by atoms with van der Waals surface area (Å²) < 4.78 is 18.3. The first-order chi connectivity index (χ1) is 11.5. The van der Waals surface area contributed by atoms with E-state index in [2.05, 4.69) is 19.9 Å². The van der Waals surface area contributed by atoms with Crippen LogP contribution in [0.1, 0.15) is 11.7 Å². The van der Waals surface area contributed by atoms with Crippen LogP contribution in [0.25, 0.3) is 11.3 Å². The predicted octanol–water partition coefficient (Wildman–Crippen LogP) is 4.18. The van der Waals surface area contributed by atoms with Gasteiger partial charge in [0, 0.05) is 10.6 Å². The van der Waals surface area contributed by atoms with E-state index in [0.29, 0.717) is 38.2 Å². The van der Waals surface area contributed by atoms with Crippen molar-refractivity contribution in [1.29, 1.82) is 0 Å². The molecule has 0 aliphatic carbocycles. The van der Waals surface area contributed by atoms with Crippen LogP contribution in [0.2, 0.25) is 10.0 Å². The van der Waals surface area contributed by atoms with Crippen molar-refractivity contribution in [3.05, 3.63) is 46.2 Å². The van der Waals surface area contributed by atoms with Crippen molar-refractivity contribution in [2.45, 2.75) is 17.6 Å². The maximum absolute atomic E-state index is 12.6. The Balaban J connectivity index is 1.75. The summed E-state index contributed by atoms with van der Waals surface area (Å²) >= 11 is 13.3. The molecule has 10 heteroatoms. The summed E-state index contributed by atoms with van der Waals surface area (Å²) in [6.45, 7) is -0.809. The van der Waals surface area contributed by atoms with Crippen LogP contribution >= 0.6 is 35.0 Å². The lowest BCUT2D eigenvalue weighted by molar-refractivity contribution is 0.460. The van der Waals surface area contributed by atoms with Crippen molar-refractivity contribution in [2.75, 3.05) is 5.73 Å². The maximum atomic E-state index is 12.6. The van der Waals surface area contributed by atoms with E-state index in [4.69, 9.17) is 33.4 Å². The Bertz CT molecular complexity index is 876. The average molecular weight is 386 g/mol. The highest BCUT2D eigenvalue weighted by molar-refractivity contribution is 7.98. The molecule has 3 rings (SSSR count). The molecule has 0 bridgehead atoms. The monoisotopic (exact) mass is 385 g/mol. The zero-order chi connectivity index (χ0) is 17.1. The molecule has 0 radical (unpaired) electrons. The van der Waals surface area contributed by atoms with E-state index in [0.717, 1.165) is 0 Å². The Morgan fingerprint density at radius 3 is 2.83 bits per heavy atom. The molecule has 2 heterocycles. The van der Waals surface area contributed by atoms with Crippen molar-refractivity contribution in [2.24, 2.45) is 0 Å². The molecule has 0 unspecified atom stereocenters. The molecule has 0 fully saturated rings. The highest BCUT2D eigenvalue weighted by Gasteiger charge is 2.12. The lowest BCUT2D eigenvalue weighted by Crippen LogP contribution is -2.03. The summed E-state index contributed by atoms with van der Waals surface area (Å²) in [5.41, 5.74) is 6.16. The van der Waals surface area contributed by atoms with Crippen LogP contribution in [0.5, 0.6) is 0 Å². The van der Waals surface area contributed by atoms with E-state index in [9.17, 15) is 4.39 Å². The van der Waals surface area contributed by atoms with E-state index >= 15 is 0 Å². The van der Waals surface area contributed by atoms with E-state index < -0.39 is 6.67 Å². The molecule has 2 aromatic heterocycles. The van der Waals surface area contributed by atoms with Crippen molar-refractivity contribution in [3.63, 3.8) is 0 Å². The van der Waals surface area contributed by atoms with E-state index in [1.54, 1.807) is 24.4 Å². The number of hydrogen-bond acceptors (Lipinski definition) is 7. The van der Waals surface area contributed by atoms with Crippen molar-refractivity contribution in [1.82, 2.24) is 19.9 Å². The zero-order valence-electron chi connectivity index (χ0n) is 12.0. The Morgan fingerprint density at radius 1 is 1.21 bits per heavy atom. The van der Waals surface area contributed by atoms with E-state index in [-0.39, 0.29) is 11.8 Å². The molecule has 1 aromatic carbocycles. The molecule has 0 aliphatic heterocycles. The first-order valence-corrected chi connectivity index (χ1v) is 8.38. The molecular formula is C14H10Cl2FN5OS. The SMILES string of the molecule is Nc1nc(CF)nc(SCc2ncc(-c3cc(Cl)ccc3Cl)o2)n1. The summed E-state index contributed by atoms with van der Waals surface area (Å²) in [6.07, 6.45) is 1.56. The van der Waals surface area contributed by atoms with Gasteiger partial charge in [0.25, 0.3) is 0 Å². The molecule has 0 spiro atoms. The molecule has 3 aromatic rings. The second-order valence-corrected chi connectivity index (χ2v) is 6.34. The highest BCUT2D eigenvalue weighted by Crippen LogP contribution is 2.32. The second-order valence-electron chi connectivity index (χ2n) is 4.56. The largest absolute Gasteiger partial charge is 0.440 e. The van der Waals surface area contributed by atoms with Gasteiger partial charge in [-0.3, -0.25) is 0 Å². The number of benzene rings is 1. The van der Waals surface area contributed by atoms with Gasteiger partial charge in [0.15, 0.2) is 16.7 Å². The van der Waals surface area contributed by atoms with Crippen LogP contribution < -0.4 is 5.73 Å². The number of hydrogen-bond donors (Lipinski definition) is 1. The van der Waals surface area contributed by atoms with Crippen LogP contribution in [-0.2, 0) is 12.4 Å². The van der Waals surface area contributed by atoms with Gasteiger partial charge in [-0.15, -0.1) is 0 Å². The summed E-state index contributed by atoms with van der Waals surface area (Å²) in [7, 11) is 0. The summed E-state index contributed by atoms with van der Waals surface area (Å²) in [4.78, 5) is 15.7. The molecule has 0 atom stereocenters. The van der Waals surface area contributed by atoms with Crippen LogP contribution in [-0.4, -0.2) is 19.9 Å². The molecule has 2 N–H and O–H groups in total. The Morgan fingerprint density at radius 2 is 2.04 bits per heavy atom. The van der Waals surface area contributed by atoms with Crippen LogP contribution in [0.15, 0.2) is 34.0 Å². The molecule has 6 nitrogen and oxygen atoms in total. The average Bonchev–Trinajstić information content (AvgIpc) is 3.03. The Kier molecular flexibility index (Phi) is 5.17. The van der Waals surface area contributed by atoms with Crippen LogP contribution in [0.4, 0.5) is 10.3 Å². The number of thioether (sulfide) groups is 1. The minimum atomic E-state index is -0.809. The van der Waals surface area contributed by atoms with Crippen molar-refractivity contribution < 1.29 is 8.81 Å². The third-order valence-electron chi connectivity index (χ3n) is 2.87. The molecule has 0 amide bonds. The minimum absolute atomic E-state index is 0.0104. The fourth-order valence-corrected chi connectivity index (χ4v) is 2.95. The fourth-order valence-electron chi connectivity index (χ4n) is 1.85. The first-order valence-electron chi connectivity index (χ1n) is 6.64. The number of aromatic nitrogens is 4. The highest BCUT2D eigenvalue weighted by atomic mass is 35.5. The molecule has 0 saturated carbocycles. The lowest BCUT2D eigenvalue weighted by Gasteiger charge is -2.02. The van der Waals surface area contributed by atoms with Crippen LogP contribution in [0, 0.1) is 0 Å². The number of nitrogens with two attached hydrogens (primary N) is 1. The number of oxazole rings is 1. The molecular weight excluding hydrogens is 376 g/mol. The number of anilines is 1. The number of rotatable bonds is 5. The van der Waals surface area contributed by atoms with Gasteiger partial charge in [-0.05, 0) is 18.2 Å². The smallest absolute Gasteiger partial charge is 0.224 e. The van der Waals surface area contributed by atoms with E-state index in [1.165, 1.54) is 11.8 Å². The van der Waals surface area contributed by atoms with Gasteiger partial charge in [-0.1, -0.05) is 35.0 Å². The third kappa shape index (κ3) is 3.95. The Labute approximate surface area is 150 Å². The number of halogens is 3. The Hall–Kier alpha value is -1.90. The summed E-state index contributed by atoms with van der Waals surface area (Å²) in [6, 6.07) is 5.07. The van der Waals surface area contributed by atoms with Crippen molar-refractivity contribution in [3.8, 4) is 11.3 Å². The predicted molar refractivity (Wildman–Crippen MR) is 90.6 cm³/mol. The topological polar surface area (TPSA) is 90.7 Å². The zero-order valence-corrected chi connectivity index (χ0v) is 14.4. The summed E-state index contributed by atoms with van der Waals surface area (Å²) in [5, 5.41) is 1.35. The van der Waals surface area contributed by atoms with Gasteiger partial charge >= 0.3 is 0 Å². The fraction of sp³-hybridized carbons (Fsp3) is 0.143. The molecule has 0 saturated heterocycles. The lowest BCUT2D eigenvalue weighted by atomic mass is 10.2. The van der Waals surface area contributed by atoms with Gasteiger partial charge in [0.05, 0.1) is 17.0 Å². The van der Waals surface area contributed by atoms with E-state index in [1.807, 2.05) is 0 Å². The first kappa shape index (κ1) is 16.9. The standard InChI is InChI=1S/C14H10Cl2FN5OS/c15-7-1-2-9(16)8(3-7)10-5-19-12(23-10)6-24-14-21-11(4-17)20-13(18)22-14/h1-3,5H,4,6H2,(H2,18,20,21,22). The van der Waals surface area contributed by atoms with Gasteiger partial charge in [-0.2, -0.15) is 9.97 Å². The number of nitrogen functional groups attached to an aromatic ring is 1. The molecule has 24 heavy (non-hydrogen) atoms. The number of alkyl halides is 1. The second kappa shape index (κ2) is 7.33. The number of nitrogens with zero attached hydrogens (tertiary/aromatic N) is 4. The van der Waals surface area contributed by atoms with Gasteiger partial charge < -0.3 is 10.2 Å². The van der Waals surface area contributed by atoms with Gasteiger partial charge in [0.1, 0.15) is 6.67 Å². The van der Waals surface area contributed by atoms with Gasteiger partial charge in [-0.25, -0.2) is 14.4 Å². The van der Waals surface area contributed by atoms with Crippen LogP contribution in [0.3, 0.4) is 0 Å². The quantitative estimate of drug-likeness (QED) is 0.658.